The number of pyridine rings is 1. The van der Waals surface area contributed by atoms with Crippen LogP contribution in [0.15, 0.2) is 66.9 Å². The molecule has 1 aromatic heterocycles. The normalized spacial score (nSPS) is 11.6. The Hall–Kier alpha value is -7.21. The maximum absolute atomic E-state index is 15.4. The minimum Gasteiger partial charge on any atom is -0.258 e. The largest absolute Gasteiger partial charge is 0.333 e. The Balaban J connectivity index is 0.000000289. The smallest absolute Gasteiger partial charge is 0.258 e. The SMILES string of the molecule is Fc1c(F)c(F)c([B-](c2c(F)c(F)c(F)c(F)c2F)(c2c(F)c(F)c(F)c(F)c2F)c2c(F)c(F)c(F)c(F)c2F)c(F)c1F.O=[N+]([O-])c1cc2ccccc2[n+](Cc2ccccc2)c1. The fourth-order valence-corrected chi connectivity index (χ4v) is 7.18. The van der Waals surface area contributed by atoms with Crippen molar-refractivity contribution in [2.45, 2.75) is 6.54 Å². The van der Waals surface area contributed by atoms with E-state index in [4.69, 9.17) is 0 Å². The van der Waals surface area contributed by atoms with Gasteiger partial charge in [0.1, 0.15) is 52.7 Å². The summed E-state index contributed by atoms with van der Waals surface area (Å²) in [5.41, 5.74) is -12.1. The van der Waals surface area contributed by atoms with E-state index in [2.05, 4.69) is 0 Å². The van der Waals surface area contributed by atoms with E-state index >= 15 is 35.1 Å². The van der Waals surface area contributed by atoms with E-state index in [1.807, 2.05) is 59.2 Å². The molecule has 0 N–H and O–H groups in total. The first kappa shape index (κ1) is 47.3. The number of rotatable bonds is 7. The number of aromatic nitrogens is 1. The Morgan fingerprint density at radius 1 is 0.400 bits per heavy atom. The minimum atomic E-state index is -7.22. The van der Waals surface area contributed by atoms with Crippen LogP contribution in [-0.2, 0) is 6.54 Å². The summed E-state index contributed by atoms with van der Waals surface area (Å²) < 4.78 is 296. The van der Waals surface area contributed by atoms with Crippen molar-refractivity contribution in [2.24, 2.45) is 0 Å². The van der Waals surface area contributed by atoms with E-state index in [0.29, 0.717) is 6.54 Å². The third-order valence-electron chi connectivity index (χ3n) is 9.95. The summed E-state index contributed by atoms with van der Waals surface area (Å²) in [4.78, 5) is 10.7. The van der Waals surface area contributed by atoms with Gasteiger partial charge in [0.15, 0.2) is 76.4 Å². The second-order valence-corrected chi connectivity index (χ2v) is 13.4. The molecule has 0 amide bonds. The number of hydrogen-bond donors (Lipinski definition) is 0. The number of para-hydroxylation sites is 1. The zero-order chi connectivity index (χ0) is 48.3. The Labute approximate surface area is 347 Å². The van der Waals surface area contributed by atoms with E-state index in [1.54, 1.807) is 12.3 Å². The summed E-state index contributed by atoms with van der Waals surface area (Å²) in [5, 5.41) is 11.9. The van der Waals surface area contributed by atoms with Gasteiger partial charge in [-0.15, -0.1) is 21.9 Å². The van der Waals surface area contributed by atoms with Crippen LogP contribution in [-0.4, -0.2) is 11.1 Å². The average molecular weight is 944 g/mol. The highest BCUT2D eigenvalue weighted by Crippen LogP contribution is 2.31. The Bertz CT molecular complexity index is 2740. The molecular formula is C40H13BF20N2O2. The number of benzene rings is 6. The van der Waals surface area contributed by atoms with Gasteiger partial charge in [0.05, 0.1) is 10.3 Å². The van der Waals surface area contributed by atoms with Crippen LogP contribution in [0.1, 0.15) is 5.56 Å². The Morgan fingerprint density at radius 3 is 0.985 bits per heavy atom. The molecule has 25 heteroatoms. The summed E-state index contributed by atoms with van der Waals surface area (Å²) in [6.45, 7) is 0.614. The lowest BCUT2D eigenvalue weighted by Crippen LogP contribution is -2.81. The standard InChI is InChI=1S/C24BF20.C16H13N2O2/c26-5-1(6(27)14(35)21(42)13(5)34)25(2-7(28)15(36)22(43)16(37)8(2)29,3-9(30)17(38)23(44)18(39)10(3)31)4-11(32)19(40)24(45)20(41)12(4)33;19-18(20)15-10-14-8-4-5-9-16(14)17(12-15)11-13-6-2-1-3-7-13/h;1-10,12H,11H2/q-1;+1. The maximum atomic E-state index is 15.4. The van der Waals surface area contributed by atoms with Crippen LogP contribution in [0.2, 0.25) is 0 Å². The Kier molecular flexibility index (Phi) is 12.7. The van der Waals surface area contributed by atoms with Gasteiger partial charge < -0.3 is 0 Å². The lowest BCUT2D eigenvalue weighted by molar-refractivity contribution is -0.665. The molecular weight excluding hydrogens is 931 g/mol. The van der Waals surface area contributed by atoms with Crippen molar-refractivity contribution in [3.05, 3.63) is 199 Å². The van der Waals surface area contributed by atoms with E-state index < -0.39 is 144 Å². The first-order chi connectivity index (χ1) is 30.4. The number of halogens is 20. The van der Waals surface area contributed by atoms with E-state index in [1.165, 1.54) is 0 Å². The molecule has 0 aliphatic heterocycles. The fourth-order valence-electron chi connectivity index (χ4n) is 7.18. The third kappa shape index (κ3) is 7.40. The number of nitrogens with zero attached hydrogens (tertiary/aromatic N) is 2. The summed E-state index contributed by atoms with van der Waals surface area (Å²) in [5.74, 6) is -71.4. The second-order valence-electron chi connectivity index (χ2n) is 13.4. The van der Waals surface area contributed by atoms with Gasteiger partial charge in [-0.2, -0.15) is 4.57 Å². The van der Waals surface area contributed by atoms with Gasteiger partial charge in [0, 0.05) is 17.7 Å². The van der Waals surface area contributed by atoms with Crippen molar-refractivity contribution in [1.29, 1.82) is 0 Å². The molecule has 0 radical (unpaired) electrons. The van der Waals surface area contributed by atoms with Crippen molar-refractivity contribution in [3.63, 3.8) is 0 Å². The summed E-state index contributed by atoms with van der Waals surface area (Å²) in [7, 11) is 0. The van der Waals surface area contributed by atoms with Crippen molar-refractivity contribution < 1.29 is 97.3 Å². The van der Waals surface area contributed by atoms with Crippen LogP contribution in [0.25, 0.3) is 10.9 Å². The van der Waals surface area contributed by atoms with Crippen LogP contribution in [0.3, 0.4) is 0 Å². The molecule has 4 nitrogen and oxygen atoms in total. The highest BCUT2D eigenvalue weighted by molar-refractivity contribution is 7.20. The molecule has 0 saturated heterocycles. The lowest BCUT2D eigenvalue weighted by atomic mass is 9.12. The molecule has 6 aromatic carbocycles. The average Bonchev–Trinajstić information content (AvgIpc) is 3.29. The predicted molar refractivity (Wildman–Crippen MR) is 186 cm³/mol. The molecule has 1 heterocycles. The molecule has 7 aromatic rings. The van der Waals surface area contributed by atoms with Crippen LogP contribution in [0, 0.1) is 126 Å². The van der Waals surface area contributed by atoms with E-state index in [9.17, 15) is 62.8 Å². The molecule has 0 unspecified atom stereocenters. The van der Waals surface area contributed by atoms with Crippen LogP contribution < -0.4 is 26.4 Å². The molecule has 0 bridgehead atoms. The molecule has 0 atom stereocenters. The topological polar surface area (TPSA) is 47.0 Å². The molecule has 7 rings (SSSR count). The van der Waals surface area contributed by atoms with Gasteiger partial charge in [-0.25, -0.2) is 87.8 Å². The van der Waals surface area contributed by atoms with Crippen LogP contribution in [0.5, 0.6) is 0 Å². The molecule has 0 fully saturated rings. The lowest BCUT2D eigenvalue weighted by Gasteiger charge is -2.44. The van der Waals surface area contributed by atoms with Gasteiger partial charge in [0.2, 0.25) is 11.7 Å². The summed E-state index contributed by atoms with van der Waals surface area (Å²) >= 11 is 0. The van der Waals surface area contributed by atoms with Crippen molar-refractivity contribution in [1.82, 2.24) is 0 Å². The number of fused-ring (bicyclic) bond motifs is 1. The van der Waals surface area contributed by atoms with E-state index in [-0.39, 0.29) is 10.6 Å². The van der Waals surface area contributed by atoms with Crippen molar-refractivity contribution in [2.75, 3.05) is 0 Å². The molecule has 338 valence electrons. The monoisotopic (exact) mass is 944 g/mol. The van der Waals surface area contributed by atoms with Crippen molar-refractivity contribution in [3.8, 4) is 0 Å². The second kappa shape index (κ2) is 17.4. The third-order valence-corrected chi connectivity index (χ3v) is 9.95. The summed E-state index contributed by atoms with van der Waals surface area (Å²) in [6.07, 6.45) is -5.62. The van der Waals surface area contributed by atoms with Gasteiger partial charge in [-0.05, 0) is 6.07 Å². The zero-order valence-electron chi connectivity index (χ0n) is 30.9. The quantitative estimate of drug-likeness (QED) is 0.0305. The minimum absolute atomic E-state index is 0.111. The molecule has 0 spiro atoms. The molecule has 0 aliphatic carbocycles. The molecule has 65 heavy (non-hydrogen) atoms. The summed E-state index contributed by atoms with van der Waals surface area (Å²) in [6, 6.07) is 19.2. The van der Waals surface area contributed by atoms with Gasteiger partial charge in [-0.1, -0.05) is 42.5 Å². The zero-order valence-corrected chi connectivity index (χ0v) is 30.9. The highest BCUT2D eigenvalue weighted by atomic mass is 19.2. The maximum Gasteiger partial charge on any atom is 0.333 e. The number of nitro groups is 1. The highest BCUT2D eigenvalue weighted by Gasteiger charge is 2.52. The first-order valence-corrected chi connectivity index (χ1v) is 17.3. The molecule has 0 saturated carbocycles. The first-order valence-electron chi connectivity index (χ1n) is 17.3. The van der Waals surface area contributed by atoms with Gasteiger partial charge in [0.25, 0.3) is 0 Å². The van der Waals surface area contributed by atoms with E-state index in [0.717, 1.165) is 16.5 Å². The predicted octanol–water partition coefficient (Wildman–Crippen LogP) is 8.93. The molecule has 0 aliphatic rings. The Morgan fingerprint density at radius 2 is 0.677 bits per heavy atom. The van der Waals surface area contributed by atoms with Crippen molar-refractivity contribution >= 4 is 44.6 Å². The van der Waals surface area contributed by atoms with Crippen LogP contribution >= 0.6 is 0 Å². The number of hydrogen-bond acceptors (Lipinski definition) is 2. The van der Waals surface area contributed by atoms with Gasteiger partial charge in [-0.3, -0.25) is 10.1 Å². The van der Waals surface area contributed by atoms with Crippen LogP contribution in [0.4, 0.5) is 93.5 Å². The van der Waals surface area contributed by atoms with Gasteiger partial charge >= 0.3 is 5.69 Å². The fraction of sp³-hybridized carbons (Fsp3) is 0.0250.